The first kappa shape index (κ1) is 48.5. The number of fused-ring (bicyclic) bond motifs is 4. The number of hydrogen-bond acceptors (Lipinski definition) is 4. The highest BCUT2D eigenvalue weighted by atomic mass is 16.5. The standard InChI is InChI=1S/C67H72N4O/c1-63(2,3)47-31-32-68-62(38-47)71-58-28-22-21-27-54(58)55-30-29-52(40-59(55)71)72-53-34-45(44-23-17-15-18-24-44)33-50(39-53)69-43-70(61-42-57(66(10,11)12)56(41-60(61)69)65(7,8)9)51-36-48(64(4,5)6)35-49(37-51)67(13,14)46-25-19-16-20-26-46/h15-42H,43H2,1-14H3. The summed E-state index contributed by atoms with van der Waals surface area (Å²) in [5, 5.41) is 2.34. The first-order valence-electron chi connectivity index (χ1n) is 25.8. The Kier molecular flexibility index (Phi) is 11.8. The minimum absolute atomic E-state index is 0.0268. The molecule has 0 spiro atoms. The molecule has 3 heterocycles. The second kappa shape index (κ2) is 17.6. The molecule has 72 heavy (non-hydrogen) atoms. The van der Waals surface area contributed by atoms with Crippen LogP contribution in [-0.4, -0.2) is 16.2 Å². The van der Waals surface area contributed by atoms with Gasteiger partial charge >= 0.3 is 0 Å². The normalized spacial score (nSPS) is 13.6. The molecule has 0 unspecified atom stereocenters. The first-order valence-corrected chi connectivity index (χ1v) is 25.8. The monoisotopic (exact) mass is 949 g/mol. The number of rotatable bonds is 8. The summed E-state index contributed by atoms with van der Waals surface area (Å²) in [6.45, 7) is 33.2. The van der Waals surface area contributed by atoms with Gasteiger partial charge in [-0.1, -0.05) is 182 Å². The van der Waals surface area contributed by atoms with Crippen LogP contribution in [0, 0.1) is 0 Å². The molecule has 9 aromatic rings. The van der Waals surface area contributed by atoms with Crippen LogP contribution in [-0.2, 0) is 27.1 Å². The minimum Gasteiger partial charge on any atom is -0.457 e. The Morgan fingerprint density at radius 1 is 0.403 bits per heavy atom. The van der Waals surface area contributed by atoms with Gasteiger partial charge in [0.25, 0.3) is 0 Å². The van der Waals surface area contributed by atoms with Crippen LogP contribution in [0.25, 0.3) is 38.8 Å². The van der Waals surface area contributed by atoms with E-state index in [1.807, 2.05) is 6.20 Å². The summed E-state index contributed by atoms with van der Waals surface area (Å²) in [4.78, 5) is 10.0. The molecule has 1 aliphatic rings. The van der Waals surface area contributed by atoms with E-state index >= 15 is 0 Å². The van der Waals surface area contributed by atoms with Gasteiger partial charge in [-0.3, -0.25) is 4.57 Å². The fourth-order valence-electron chi connectivity index (χ4n) is 10.6. The zero-order chi connectivity index (χ0) is 51.1. The summed E-state index contributed by atoms with van der Waals surface area (Å²) in [6.07, 6.45) is 1.94. The van der Waals surface area contributed by atoms with Gasteiger partial charge in [0, 0.05) is 45.9 Å². The van der Waals surface area contributed by atoms with Gasteiger partial charge in [-0.2, -0.15) is 0 Å². The maximum atomic E-state index is 7.13. The molecule has 0 N–H and O–H groups in total. The van der Waals surface area contributed by atoms with Gasteiger partial charge in [0.1, 0.15) is 24.0 Å². The van der Waals surface area contributed by atoms with E-state index in [4.69, 9.17) is 9.72 Å². The third-order valence-electron chi connectivity index (χ3n) is 14.9. The van der Waals surface area contributed by atoms with E-state index in [1.165, 1.54) is 55.8 Å². The number of anilines is 4. The molecule has 1 aliphatic heterocycles. The van der Waals surface area contributed by atoms with Gasteiger partial charge in [-0.05, 0) is 133 Å². The van der Waals surface area contributed by atoms with E-state index in [2.05, 4.69) is 275 Å². The number of pyridine rings is 1. The van der Waals surface area contributed by atoms with Gasteiger partial charge in [0.2, 0.25) is 0 Å². The molecule has 10 rings (SSSR count). The van der Waals surface area contributed by atoms with Crippen molar-refractivity contribution in [1.29, 1.82) is 0 Å². The molecule has 7 aromatic carbocycles. The predicted octanol–water partition coefficient (Wildman–Crippen LogP) is 18.4. The minimum atomic E-state index is -0.229. The Morgan fingerprint density at radius 3 is 1.60 bits per heavy atom. The maximum Gasteiger partial charge on any atom is 0.137 e. The van der Waals surface area contributed by atoms with Crippen molar-refractivity contribution < 1.29 is 4.74 Å². The lowest BCUT2D eigenvalue weighted by molar-refractivity contribution is 0.483. The molecule has 2 aromatic heterocycles. The van der Waals surface area contributed by atoms with Crippen molar-refractivity contribution >= 4 is 44.6 Å². The molecule has 0 bridgehead atoms. The van der Waals surface area contributed by atoms with Crippen LogP contribution in [0.2, 0.25) is 0 Å². The van der Waals surface area contributed by atoms with Crippen LogP contribution >= 0.6 is 0 Å². The summed E-state index contributed by atoms with van der Waals surface area (Å²) in [6, 6.07) is 60.2. The fourth-order valence-corrected chi connectivity index (χ4v) is 10.6. The lowest BCUT2D eigenvalue weighted by Gasteiger charge is -2.33. The number of nitrogens with zero attached hydrogens (tertiary/aromatic N) is 4. The lowest BCUT2D eigenvalue weighted by atomic mass is 9.74. The number of para-hydroxylation sites is 1. The average Bonchev–Trinajstić information content (AvgIpc) is 3.88. The van der Waals surface area contributed by atoms with Crippen LogP contribution in [0.1, 0.15) is 130 Å². The highest BCUT2D eigenvalue weighted by molar-refractivity contribution is 6.09. The predicted molar refractivity (Wildman–Crippen MR) is 306 cm³/mol. The lowest BCUT2D eigenvalue weighted by Crippen LogP contribution is -2.26. The number of aromatic nitrogens is 2. The largest absolute Gasteiger partial charge is 0.457 e. The number of ether oxygens (including phenoxy) is 1. The van der Waals surface area contributed by atoms with E-state index in [1.54, 1.807) is 0 Å². The second-order valence-electron chi connectivity index (χ2n) is 24.8. The van der Waals surface area contributed by atoms with E-state index in [-0.39, 0.29) is 27.1 Å². The molecular weight excluding hydrogens is 877 g/mol. The second-order valence-corrected chi connectivity index (χ2v) is 24.8. The molecule has 0 atom stereocenters. The number of benzene rings is 7. The van der Waals surface area contributed by atoms with Crippen molar-refractivity contribution in [2.24, 2.45) is 0 Å². The molecule has 0 saturated carbocycles. The zero-order valence-corrected chi connectivity index (χ0v) is 45.1. The fraction of sp³-hybridized carbons (Fsp3) is 0.299. The third kappa shape index (κ3) is 9.08. The molecule has 0 saturated heterocycles. The highest BCUT2D eigenvalue weighted by Gasteiger charge is 2.36. The number of hydrogen-bond donors (Lipinski definition) is 0. The zero-order valence-electron chi connectivity index (χ0n) is 45.1. The molecule has 0 fully saturated rings. The van der Waals surface area contributed by atoms with Crippen molar-refractivity contribution in [2.45, 2.75) is 124 Å². The van der Waals surface area contributed by atoms with Gasteiger partial charge in [-0.15, -0.1) is 0 Å². The summed E-state index contributed by atoms with van der Waals surface area (Å²) in [5.41, 5.74) is 16.4. The van der Waals surface area contributed by atoms with Crippen LogP contribution in [0.3, 0.4) is 0 Å². The smallest absolute Gasteiger partial charge is 0.137 e. The Morgan fingerprint density at radius 2 is 0.972 bits per heavy atom. The van der Waals surface area contributed by atoms with Crippen molar-refractivity contribution in [2.75, 3.05) is 16.5 Å². The Hall–Kier alpha value is -7.11. The molecular formula is C67H72N4O. The molecule has 5 heteroatoms. The summed E-state index contributed by atoms with van der Waals surface area (Å²) in [5.74, 6) is 2.42. The van der Waals surface area contributed by atoms with Gasteiger partial charge < -0.3 is 14.5 Å². The molecule has 0 aliphatic carbocycles. The van der Waals surface area contributed by atoms with Gasteiger partial charge in [-0.25, -0.2) is 4.98 Å². The van der Waals surface area contributed by atoms with Crippen molar-refractivity contribution in [1.82, 2.24) is 9.55 Å². The SMILES string of the molecule is CC(C)(C)c1cc(N2CN(c3cc(Oc4ccc5c6ccccc6n(-c6cc(C(C)(C)C)ccn6)c5c4)cc(-c4ccccc4)c3)c3cc(C(C)(C)C)c(C(C)(C)C)cc32)cc(C(C)(C)c2ccccc2)c1. The third-order valence-corrected chi connectivity index (χ3v) is 14.9. The maximum absolute atomic E-state index is 7.13. The average molecular weight is 949 g/mol. The van der Waals surface area contributed by atoms with Crippen LogP contribution in [0.4, 0.5) is 22.7 Å². The topological polar surface area (TPSA) is 33.5 Å². The van der Waals surface area contributed by atoms with E-state index < -0.39 is 0 Å². The highest BCUT2D eigenvalue weighted by Crippen LogP contribution is 2.51. The molecule has 0 amide bonds. The molecule has 366 valence electrons. The Bertz CT molecular complexity index is 3480. The summed E-state index contributed by atoms with van der Waals surface area (Å²) >= 11 is 0. The van der Waals surface area contributed by atoms with Crippen molar-refractivity contribution in [3.63, 3.8) is 0 Å². The first-order chi connectivity index (χ1) is 33.9. The van der Waals surface area contributed by atoms with E-state index in [0.717, 1.165) is 50.6 Å². The Balaban J connectivity index is 1.15. The summed E-state index contributed by atoms with van der Waals surface area (Å²) < 4.78 is 9.42. The summed E-state index contributed by atoms with van der Waals surface area (Å²) in [7, 11) is 0. The quantitative estimate of drug-likeness (QED) is 0.152. The van der Waals surface area contributed by atoms with Crippen LogP contribution in [0.15, 0.2) is 170 Å². The van der Waals surface area contributed by atoms with Crippen LogP contribution in [0.5, 0.6) is 11.5 Å². The van der Waals surface area contributed by atoms with Crippen LogP contribution < -0.4 is 14.5 Å². The van der Waals surface area contributed by atoms with Crippen molar-refractivity contribution in [3.8, 4) is 28.4 Å². The van der Waals surface area contributed by atoms with Gasteiger partial charge in [0.15, 0.2) is 0 Å². The molecule has 5 nitrogen and oxygen atoms in total. The van der Waals surface area contributed by atoms with Crippen molar-refractivity contribution in [3.05, 3.63) is 203 Å². The van der Waals surface area contributed by atoms with E-state index in [0.29, 0.717) is 6.67 Å². The Labute approximate surface area is 429 Å². The van der Waals surface area contributed by atoms with E-state index in [9.17, 15) is 0 Å². The van der Waals surface area contributed by atoms with Gasteiger partial charge in [0.05, 0.1) is 22.4 Å². The molecule has 0 radical (unpaired) electrons.